The maximum Gasteiger partial charge on any atom is 0.243 e. The largest absolute Gasteiger partial charge is 0.332 e. The summed E-state index contributed by atoms with van der Waals surface area (Å²) in [4.78, 5) is 28.1. The molecule has 1 saturated carbocycles. The number of benzene rings is 1. The molecular weight excluding hydrogens is 430 g/mol. The van der Waals surface area contributed by atoms with Gasteiger partial charge < -0.3 is 4.90 Å². The molecule has 2 aliphatic heterocycles. The van der Waals surface area contributed by atoms with Gasteiger partial charge in [-0.15, -0.1) is 0 Å². The maximum absolute atomic E-state index is 13.1. The average Bonchev–Trinajstić information content (AvgIpc) is 3.35. The number of hydrazone groups is 1. The third kappa shape index (κ3) is 4.57. The zero-order valence-electron chi connectivity index (χ0n) is 17.1. The Bertz CT molecular complexity index is 774. The van der Waals surface area contributed by atoms with Crippen LogP contribution in [-0.4, -0.2) is 51.4 Å². The number of carbonyl (C=O) groups is 2. The van der Waals surface area contributed by atoms with Crippen LogP contribution >= 0.6 is 15.9 Å². The van der Waals surface area contributed by atoms with Crippen molar-refractivity contribution >= 4 is 33.5 Å². The van der Waals surface area contributed by atoms with Gasteiger partial charge in [0.2, 0.25) is 11.8 Å². The highest BCUT2D eigenvalue weighted by molar-refractivity contribution is 9.09. The van der Waals surface area contributed by atoms with Crippen LogP contribution in [0, 0.1) is 5.92 Å². The standard InChI is InChI=1S/C23H30BrN3O2/c1-16(17-6-3-2-4-7-17)14-22(29)27-15-20(26-13-5-8-21(26)28)23(25-27)18-9-11-19(24)12-10-18/h2-4,6-7,16,18-20H,5,8-15H2,1H3/t16-,18?,19?,20?/m0/s1. The molecule has 2 atom stereocenters. The predicted molar refractivity (Wildman–Crippen MR) is 118 cm³/mol. The highest BCUT2D eigenvalue weighted by Gasteiger charge is 2.41. The molecule has 156 valence electrons. The molecule has 0 spiro atoms. The van der Waals surface area contributed by atoms with Crippen LogP contribution in [0.3, 0.4) is 0 Å². The predicted octanol–water partition coefficient (Wildman–Crippen LogP) is 4.32. The maximum atomic E-state index is 13.1. The Morgan fingerprint density at radius 3 is 2.59 bits per heavy atom. The van der Waals surface area contributed by atoms with Crippen LogP contribution in [0.4, 0.5) is 0 Å². The number of carbonyl (C=O) groups excluding carboxylic acids is 2. The van der Waals surface area contributed by atoms with Gasteiger partial charge in [-0.2, -0.15) is 5.10 Å². The molecule has 0 N–H and O–H groups in total. The van der Waals surface area contributed by atoms with Crippen molar-refractivity contribution in [2.75, 3.05) is 13.1 Å². The van der Waals surface area contributed by atoms with Gasteiger partial charge in [-0.05, 0) is 43.6 Å². The first-order valence-electron chi connectivity index (χ1n) is 10.9. The lowest BCUT2D eigenvalue weighted by Gasteiger charge is -2.31. The molecule has 4 rings (SSSR count). The van der Waals surface area contributed by atoms with Gasteiger partial charge in [-0.1, -0.05) is 53.2 Å². The molecule has 0 bridgehead atoms. The fraction of sp³-hybridized carbons (Fsp3) is 0.609. The summed E-state index contributed by atoms with van der Waals surface area (Å²) < 4.78 is 0. The molecule has 1 aromatic rings. The van der Waals surface area contributed by atoms with Gasteiger partial charge in [0.1, 0.15) is 0 Å². The molecule has 1 aliphatic carbocycles. The summed E-state index contributed by atoms with van der Waals surface area (Å²) in [6.07, 6.45) is 6.39. The molecule has 1 aromatic carbocycles. The van der Waals surface area contributed by atoms with Crippen molar-refractivity contribution in [3.63, 3.8) is 0 Å². The Labute approximate surface area is 181 Å². The van der Waals surface area contributed by atoms with E-state index in [4.69, 9.17) is 5.10 Å². The number of rotatable bonds is 5. The van der Waals surface area contributed by atoms with Crippen LogP contribution in [0.5, 0.6) is 0 Å². The number of nitrogens with zero attached hydrogens (tertiary/aromatic N) is 3. The normalized spacial score (nSPS) is 28.6. The van der Waals surface area contributed by atoms with Gasteiger partial charge in [-0.3, -0.25) is 9.59 Å². The molecule has 0 aromatic heterocycles. The van der Waals surface area contributed by atoms with Crippen LogP contribution in [0.1, 0.15) is 63.4 Å². The number of alkyl halides is 1. The lowest BCUT2D eigenvalue weighted by atomic mass is 9.83. The number of halogens is 1. The number of likely N-dealkylation sites (tertiary alicyclic amines) is 1. The molecule has 0 radical (unpaired) electrons. The SMILES string of the molecule is C[C@@H](CC(=O)N1CC(N2CCCC2=O)C(C2CCC(Br)CC2)=N1)c1ccccc1. The molecular formula is C23H30BrN3O2. The summed E-state index contributed by atoms with van der Waals surface area (Å²) in [7, 11) is 0. The van der Waals surface area contributed by atoms with Crippen molar-refractivity contribution in [3.8, 4) is 0 Å². The highest BCUT2D eigenvalue weighted by Crippen LogP contribution is 2.34. The van der Waals surface area contributed by atoms with E-state index >= 15 is 0 Å². The first-order valence-corrected chi connectivity index (χ1v) is 11.8. The summed E-state index contributed by atoms with van der Waals surface area (Å²) in [6, 6.07) is 10.1. The van der Waals surface area contributed by atoms with E-state index in [1.165, 1.54) is 5.56 Å². The minimum Gasteiger partial charge on any atom is -0.332 e. The topological polar surface area (TPSA) is 53.0 Å². The summed E-state index contributed by atoms with van der Waals surface area (Å²) in [5, 5.41) is 6.49. The van der Waals surface area contributed by atoms with Gasteiger partial charge in [0.05, 0.1) is 18.3 Å². The molecule has 2 fully saturated rings. The second kappa shape index (κ2) is 8.99. The van der Waals surface area contributed by atoms with Crippen molar-refractivity contribution in [3.05, 3.63) is 35.9 Å². The Hall–Kier alpha value is -1.69. The quantitative estimate of drug-likeness (QED) is 0.615. The van der Waals surface area contributed by atoms with Gasteiger partial charge >= 0.3 is 0 Å². The number of amides is 2. The fourth-order valence-electron chi connectivity index (χ4n) is 4.89. The molecule has 29 heavy (non-hydrogen) atoms. The first-order chi connectivity index (χ1) is 14.0. The zero-order valence-corrected chi connectivity index (χ0v) is 18.7. The van der Waals surface area contributed by atoms with Crippen LogP contribution in [0.15, 0.2) is 35.4 Å². The lowest BCUT2D eigenvalue weighted by Crippen LogP contribution is -2.46. The molecule has 1 unspecified atom stereocenters. The monoisotopic (exact) mass is 459 g/mol. The summed E-state index contributed by atoms with van der Waals surface area (Å²) in [6.45, 7) is 3.40. The molecule has 2 heterocycles. The van der Waals surface area contributed by atoms with Gasteiger partial charge in [-0.25, -0.2) is 5.01 Å². The van der Waals surface area contributed by atoms with Crippen molar-refractivity contribution in [1.82, 2.24) is 9.91 Å². The van der Waals surface area contributed by atoms with Crippen molar-refractivity contribution in [1.29, 1.82) is 0 Å². The van der Waals surface area contributed by atoms with Gasteiger partial charge in [0, 0.05) is 30.1 Å². The van der Waals surface area contributed by atoms with E-state index in [9.17, 15) is 9.59 Å². The van der Waals surface area contributed by atoms with Crippen molar-refractivity contribution in [2.24, 2.45) is 11.0 Å². The smallest absolute Gasteiger partial charge is 0.243 e. The summed E-state index contributed by atoms with van der Waals surface area (Å²) in [5.41, 5.74) is 2.24. The number of hydrogen-bond donors (Lipinski definition) is 0. The van der Waals surface area contributed by atoms with E-state index in [0.29, 0.717) is 30.1 Å². The zero-order chi connectivity index (χ0) is 20.4. The highest BCUT2D eigenvalue weighted by atomic mass is 79.9. The van der Waals surface area contributed by atoms with Crippen LogP contribution in [0.25, 0.3) is 0 Å². The van der Waals surface area contributed by atoms with Gasteiger partial charge in [0.15, 0.2) is 0 Å². The minimum atomic E-state index is -0.0298. The average molecular weight is 460 g/mol. The van der Waals surface area contributed by atoms with E-state index in [2.05, 4.69) is 35.0 Å². The molecule has 2 amide bonds. The second-order valence-electron chi connectivity index (χ2n) is 8.67. The van der Waals surface area contributed by atoms with E-state index in [1.54, 1.807) is 5.01 Å². The van der Waals surface area contributed by atoms with Crippen molar-refractivity contribution < 1.29 is 9.59 Å². The van der Waals surface area contributed by atoms with Crippen LogP contribution in [-0.2, 0) is 9.59 Å². The number of hydrogen-bond acceptors (Lipinski definition) is 3. The molecule has 3 aliphatic rings. The Morgan fingerprint density at radius 1 is 1.21 bits per heavy atom. The van der Waals surface area contributed by atoms with E-state index in [0.717, 1.165) is 44.4 Å². The molecule has 6 heteroatoms. The van der Waals surface area contributed by atoms with E-state index in [-0.39, 0.29) is 23.8 Å². The molecule has 1 saturated heterocycles. The Kier molecular flexibility index (Phi) is 6.38. The second-order valence-corrected chi connectivity index (χ2v) is 9.97. The van der Waals surface area contributed by atoms with E-state index < -0.39 is 0 Å². The minimum absolute atomic E-state index is 0.0298. The van der Waals surface area contributed by atoms with Crippen LogP contribution in [0.2, 0.25) is 0 Å². The van der Waals surface area contributed by atoms with E-state index in [1.807, 2.05) is 23.1 Å². The van der Waals surface area contributed by atoms with Gasteiger partial charge in [0.25, 0.3) is 0 Å². The first kappa shape index (κ1) is 20.6. The Balaban J connectivity index is 1.49. The third-order valence-corrected chi connectivity index (χ3v) is 7.54. The summed E-state index contributed by atoms with van der Waals surface area (Å²) in [5.74, 6) is 0.802. The van der Waals surface area contributed by atoms with Crippen LogP contribution < -0.4 is 0 Å². The fourth-order valence-corrected chi connectivity index (χ4v) is 5.42. The van der Waals surface area contributed by atoms with Crippen molar-refractivity contribution in [2.45, 2.75) is 68.7 Å². The molecule has 5 nitrogen and oxygen atoms in total. The summed E-state index contributed by atoms with van der Waals surface area (Å²) >= 11 is 3.73. The lowest BCUT2D eigenvalue weighted by molar-refractivity contribution is -0.133. The third-order valence-electron chi connectivity index (χ3n) is 6.62. The Morgan fingerprint density at radius 2 is 1.93 bits per heavy atom.